The lowest BCUT2D eigenvalue weighted by Gasteiger charge is -2.09. The van der Waals surface area contributed by atoms with E-state index in [4.69, 9.17) is 4.74 Å². The zero-order valence-electron chi connectivity index (χ0n) is 9.09. The summed E-state index contributed by atoms with van der Waals surface area (Å²) in [5.41, 5.74) is 1.13. The molecule has 2 aromatic rings. The van der Waals surface area contributed by atoms with Crippen LogP contribution in [0.3, 0.4) is 0 Å². The van der Waals surface area contributed by atoms with Crippen molar-refractivity contribution in [1.82, 2.24) is 0 Å². The zero-order valence-corrected chi connectivity index (χ0v) is 13.8. The Balaban J connectivity index is 2.28. The van der Waals surface area contributed by atoms with Gasteiger partial charge in [-0.2, -0.15) is 0 Å². The molecule has 94 valence electrons. The molecule has 0 amide bonds. The van der Waals surface area contributed by atoms with E-state index < -0.39 is 0 Å². The molecule has 0 unspecified atom stereocenters. The number of rotatable bonds is 3. The second-order valence-electron chi connectivity index (χ2n) is 3.56. The van der Waals surface area contributed by atoms with Crippen LogP contribution in [0.25, 0.3) is 0 Å². The van der Waals surface area contributed by atoms with Gasteiger partial charge in [0.05, 0.1) is 4.47 Å². The van der Waals surface area contributed by atoms with Gasteiger partial charge in [0, 0.05) is 15.9 Å². The minimum absolute atomic E-state index is 0.329. The van der Waals surface area contributed by atoms with Gasteiger partial charge >= 0.3 is 0 Å². The van der Waals surface area contributed by atoms with E-state index >= 15 is 0 Å². The summed E-state index contributed by atoms with van der Waals surface area (Å²) in [5.74, 6) is 0.774. The van der Waals surface area contributed by atoms with Crippen LogP contribution >= 0.6 is 47.8 Å². The van der Waals surface area contributed by atoms with Crippen LogP contribution in [0.4, 0.5) is 4.39 Å². The highest BCUT2D eigenvalue weighted by Gasteiger charge is 2.06. The van der Waals surface area contributed by atoms with E-state index in [-0.39, 0.29) is 5.82 Å². The fraction of sp³-hybridized carbons (Fsp3) is 0.0769. The lowest BCUT2D eigenvalue weighted by atomic mass is 10.2. The van der Waals surface area contributed by atoms with Gasteiger partial charge in [0.15, 0.2) is 0 Å². The third kappa shape index (κ3) is 3.33. The summed E-state index contributed by atoms with van der Waals surface area (Å²) < 4.78 is 20.4. The standard InChI is InChI=1S/C13H8Br3FO/c14-7-8-1-3-10(6-12(8)16)18-13-5-9(17)2-4-11(13)15/h1-6H,7H2. The number of hydrogen-bond donors (Lipinski definition) is 0. The van der Waals surface area contributed by atoms with Gasteiger partial charge in [-0.05, 0) is 45.8 Å². The summed E-state index contributed by atoms with van der Waals surface area (Å²) in [6, 6.07) is 9.98. The number of ether oxygens (including phenoxy) is 1. The van der Waals surface area contributed by atoms with Crippen LogP contribution in [-0.4, -0.2) is 0 Å². The van der Waals surface area contributed by atoms with E-state index in [1.165, 1.54) is 12.1 Å². The van der Waals surface area contributed by atoms with Crippen molar-refractivity contribution < 1.29 is 9.13 Å². The Morgan fingerprint density at radius 1 is 1.00 bits per heavy atom. The van der Waals surface area contributed by atoms with Crippen molar-refractivity contribution in [2.24, 2.45) is 0 Å². The smallest absolute Gasteiger partial charge is 0.144 e. The molecular formula is C13H8Br3FO. The van der Waals surface area contributed by atoms with Crippen LogP contribution in [-0.2, 0) is 5.33 Å². The van der Waals surface area contributed by atoms with E-state index in [1.807, 2.05) is 18.2 Å². The molecule has 1 nitrogen and oxygen atoms in total. The molecule has 0 aromatic heterocycles. The van der Waals surface area contributed by atoms with Gasteiger partial charge in [0.2, 0.25) is 0 Å². The summed E-state index contributed by atoms with van der Waals surface area (Å²) >= 11 is 10.2. The van der Waals surface area contributed by atoms with Crippen LogP contribution in [0.1, 0.15) is 5.56 Å². The van der Waals surface area contributed by atoms with Crippen LogP contribution in [0, 0.1) is 5.82 Å². The monoisotopic (exact) mass is 436 g/mol. The van der Waals surface area contributed by atoms with E-state index in [9.17, 15) is 4.39 Å². The average Bonchev–Trinajstić information content (AvgIpc) is 2.34. The van der Waals surface area contributed by atoms with E-state index in [1.54, 1.807) is 6.07 Å². The first-order valence-electron chi connectivity index (χ1n) is 5.07. The molecular weight excluding hydrogens is 431 g/mol. The molecule has 0 aliphatic carbocycles. The third-order valence-corrected chi connectivity index (χ3v) is 4.29. The van der Waals surface area contributed by atoms with Crippen LogP contribution in [0.5, 0.6) is 11.5 Å². The molecule has 0 bridgehead atoms. The average molecular weight is 439 g/mol. The van der Waals surface area contributed by atoms with Gasteiger partial charge in [-0.3, -0.25) is 0 Å². The Labute approximate surface area is 130 Å². The number of benzene rings is 2. The lowest BCUT2D eigenvalue weighted by molar-refractivity contribution is 0.473. The van der Waals surface area contributed by atoms with Gasteiger partial charge in [-0.15, -0.1) is 0 Å². The largest absolute Gasteiger partial charge is 0.456 e. The van der Waals surface area contributed by atoms with Gasteiger partial charge < -0.3 is 4.74 Å². The predicted molar refractivity (Wildman–Crippen MR) is 80.9 cm³/mol. The Hall–Kier alpha value is -0.390. The molecule has 2 rings (SSSR count). The normalized spacial score (nSPS) is 10.4. The molecule has 0 aliphatic heterocycles. The zero-order chi connectivity index (χ0) is 13.1. The van der Waals surface area contributed by atoms with Gasteiger partial charge in [0.25, 0.3) is 0 Å². The molecule has 0 radical (unpaired) electrons. The molecule has 18 heavy (non-hydrogen) atoms. The van der Waals surface area contributed by atoms with Crippen molar-refractivity contribution in [1.29, 1.82) is 0 Å². The minimum atomic E-state index is -0.329. The first kappa shape index (κ1) is 14.0. The van der Waals surface area contributed by atoms with Crippen LogP contribution < -0.4 is 4.74 Å². The van der Waals surface area contributed by atoms with Crippen LogP contribution in [0.2, 0.25) is 0 Å². The Morgan fingerprint density at radius 3 is 2.44 bits per heavy atom. The van der Waals surface area contributed by atoms with Gasteiger partial charge in [0.1, 0.15) is 17.3 Å². The fourth-order valence-corrected chi connectivity index (χ4v) is 3.07. The Morgan fingerprint density at radius 2 is 1.78 bits per heavy atom. The molecule has 0 aliphatic rings. The highest BCUT2D eigenvalue weighted by Crippen LogP contribution is 2.32. The first-order chi connectivity index (χ1) is 8.60. The second kappa shape index (κ2) is 6.17. The second-order valence-corrected chi connectivity index (χ2v) is 5.83. The number of halogens is 4. The molecule has 0 heterocycles. The lowest BCUT2D eigenvalue weighted by Crippen LogP contribution is -1.88. The minimum Gasteiger partial charge on any atom is -0.456 e. The Kier molecular flexibility index (Phi) is 4.81. The third-order valence-electron chi connectivity index (χ3n) is 2.29. The van der Waals surface area contributed by atoms with Crippen molar-refractivity contribution >= 4 is 47.8 Å². The summed E-state index contributed by atoms with van der Waals surface area (Å²) in [6.45, 7) is 0. The quantitative estimate of drug-likeness (QED) is 0.531. The highest BCUT2D eigenvalue weighted by atomic mass is 79.9. The van der Waals surface area contributed by atoms with Crippen molar-refractivity contribution in [3.05, 3.63) is 56.7 Å². The van der Waals surface area contributed by atoms with E-state index in [0.717, 1.165) is 15.4 Å². The fourth-order valence-electron chi connectivity index (χ4n) is 1.38. The summed E-state index contributed by atoms with van der Waals surface area (Å²) in [7, 11) is 0. The molecule has 0 fully saturated rings. The molecule has 0 saturated heterocycles. The highest BCUT2D eigenvalue weighted by molar-refractivity contribution is 9.11. The number of alkyl halides is 1. The van der Waals surface area contributed by atoms with Crippen molar-refractivity contribution in [2.45, 2.75) is 5.33 Å². The molecule has 0 atom stereocenters. The summed E-state index contributed by atoms with van der Waals surface area (Å²) in [5, 5.41) is 0.761. The van der Waals surface area contributed by atoms with E-state index in [2.05, 4.69) is 47.8 Å². The van der Waals surface area contributed by atoms with Crippen molar-refractivity contribution in [3.63, 3.8) is 0 Å². The molecule has 0 N–H and O–H groups in total. The summed E-state index contributed by atoms with van der Waals surface area (Å²) in [6.07, 6.45) is 0. The molecule has 0 saturated carbocycles. The van der Waals surface area contributed by atoms with Crippen molar-refractivity contribution in [2.75, 3.05) is 0 Å². The molecule has 2 aromatic carbocycles. The van der Waals surface area contributed by atoms with Gasteiger partial charge in [-0.1, -0.05) is 37.9 Å². The topological polar surface area (TPSA) is 9.23 Å². The maximum Gasteiger partial charge on any atom is 0.144 e. The SMILES string of the molecule is Fc1ccc(Br)c(Oc2ccc(CBr)c(Br)c2)c1. The molecule has 0 spiro atoms. The number of hydrogen-bond acceptors (Lipinski definition) is 1. The maximum absolute atomic E-state index is 13.1. The molecule has 5 heteroatoms. The van der Waals surface area contributed by atoms with Gasteiger partial charge in [-0.25, -0.2) is 4.39 Å². The Bertz CT molecular complexity index is 572. The first-order valence-corrected chi connectivity index (χ1v) is 7.78. The summed E-state index contributed by atoms with van der Waals surface area (Å²) in [4.78, 5) is 0. The predicted octanol–water partition coefficient (Wildman–Crippen LogP) is 6.04. The van der Waals surface area contributed by atoms with Crippen LogP contribution in [0.15, 0.2) is 45.3 Å². The van der Waals surface area contributed by atoms with Crippen molar-refractivity contribution in [3.8, 4) is 11.5 Å². The maximum atomic E-state index is 13.1. The van der Waals surface area contributed by atoms with E-state index in [0.29, 0.717) is 16.0 Å².